The molecule has 0 bridgehead atoms. The van der Waals surface area contributed by atoms with Crippen LogP contribution in [-0.2, 0) is 12.3 Å². The van der Waals surface area contributed by atoms with Gasteiger partial charge >= 0.3 is 0 Å². The van der Waals surface area contributed by atoms with Crippen LogP contribution in [0.25, 0.3) is 0 Å². The number of benzene rings is 1. The van der Waals surface area contributed by atoms with Crippen molar-refractivity contribution in [1.82, 2.24) is 5.32 Å². The Morgan fingerprint density at radius 3 is 2.79 bits per heavy atom. The third-order valence-corrected chi connectivity index (χ3v) is 3.84. The predicted molar refractivity (Wildman–Crippen MR) is 76.6 cm³/mol. The molecule has 2 rings (SSSR count). The molecular formula is C15H18FNOS. The van der Waals surface area contributed by atoms with Gasteiger partial charge in [0.2, 0.25) is 0 Å². The maximum atomic E-state index is 13.9. The molecule has 1 N–H and O–H groups in total. The Bertz CT molecular complexity index is 511. The molecule has 1 aromatic heterocycles. The van der Waals surface area contributed by atoms with E-state index in [1.165, 1.54) is 6.07 Å². The van der Waals surface area contributed by atoms with Gasteiger partial charge in [0.05, 0.1) is 12.0 Å². The zero-order chi connectivity index (χ0) is 13.7. The van der Waals surface area contributed by atoms with E-state index >= 15 is 0 Å². The molecule has 1 aromatic carbocycles. The average molecular weight is 279 g/mol. The number of hydrogen-bond donors (Lipinski definition) is 1. The fourth-order valence-corrected chi connectivity index (χ4v) is 2.68. The van der Waals surface area contributed by atoms with Crippen molar-refractivity contribution in [2.75, 3.05) is 0 Å². The minimum Gasteiger partial charge on any atom is -0.468 e. The molecule has 0 aliphatic rings. The first-order valence-corrected chi connectivity index (χ1v) is 7.31. The third kappa shape index (κ3) is 4.11. The highest BCUT2D eigenvalue weighted by molar-refractivity contribution is 7.98. The maximum absolute atomic E-state index is 13.9. The summed E-state index contributed by atoms with van der Waals surface area (Å²) in [6, 6.07) is 9.34. The van der Waals surface area contributed by atoms with Crippen LogP contribution in [0.5, 0.6) is 0 Å². The highest BCUT2D eigenvalue weighted by Crippen LogP contribution is 2.28. The van der Waals surface area contributed by atoms with Crippen molar-refractivity contribution < 1.29 is 8.81 Å². The van der Waals surface area contributed by atoms with Crippen LogP contribution < -0.4 is 5.32 Å². The van der Waals surface area contributed by atoms with Crippen LogP contribution in [0.4, 0.5) is 4.39 Å². The number of rotatable bonds is 6. The molecule has 102 valence electrons. The van der Waals surface area contributed by atoms with Gasteiger partial charge in [-0.2, -0.15) is 0 Å². The average Bonchev–Trinajstić information content (AvgIpc) is 2.88. The number of furan rings is 1. The fourth-order valence-electron chi connectivity index (χ4n) is 1.70. The highest BCUT2D eigenvalue weighted by Gasteiger charge is 2.10. The Balaban J connectivity index is 2.08. The second kappa shape index (κ2) is 6.78. The minimum atomic E-state index is -0.155. The largest absolute Gasteiger partial charge is 0.468 e. The van der Waals surface area contributed by atoms with Gasteiger partial charge < -0.3 is 9.73 Å². The molecule has 4 heteroatoms. The second-order valence-electron chi connectivity index (χ2n) is 4.62. The Hall–Kier alpha value is -1.26. The Morgan fingerprint density at radius 2 is 2.11 bits per heavy atom. The quantitative estimate of drug-likeness (QED) is 0.802. The number of thioether (sulfide) groups is 1. The molecule has 0 radical (unpaired) electrons. The van der Waals surface area contributed by atoms with Crippen molar-refractivity contribution in [2.24, 2.45) is 0 Å². The van der Waals surface area contributed by atoms with Gasteiger partial charge in [0.1, 0.15) is 11.6 Å². The first-order chi connectivity index (χ1) is 9.16. The molecule has 0 aliphatic heterocycles. The SMILES string of the molecule is CC(C)NCc1c(F)cccc1SCc1ccco1. The summed E-state index contributed by atoms with van der Waals surface area (Å²) in [6.45, 7) is 4.65. The third-order valence-electron chi connectivity index (χ3n) is 2.71. The van der Waals surface area contributed by atoms with Crippen LogP contribution in [0.15, 0.2) is 45.9 Å². The Labute approximate surface area is 117 Å². The van der Waals surface area contributed by atoms with Gasteiger partial charge in [-0.3, -0.25) is 0 Å². The minimum absolute atomic E-state index is 0.155. The summed E-state index contributed by atoms with van der Waals surface area (Å²) in [5, 5.41) is 3.26. The standard InChI is InChI=1S/C15H18FNOS/c1-11(2)17-9-13-14(16)6-3-7-15(13)19-10-12-5-4-8-18-12/h3-8,11,17H,9-10H2,1-2H3. The molecule has 2 nitrogen and oxygen atoms in total. The molecule has 19 heavy (non-hydrogen) atoms. The number of halogens is 1. The molecule has 0 saturated carbocycles. The number of nitrogens with one attached hydrogen (secondary N) is 1. The lowest BCUT2D eigenvalue weighted by molar-refractivity contribution is 0.530. The zero-order valence-electron chi connectivity index (χ0n) is 11.2. The van der Waals surface area contributed by atoms with Gasteiger partial charge in [0, 0.05) is 23.0 Å². The second-order valence-corrected chi connectivity index (χ2v) is 5.64. The molecule has 0 amide bonds. The molecule has 0 spiro atoms. The summed E-state index contributed by atoms with van der Waals surface area (Å²) in [7, 11) is 0. The first kappa shape index (κ1) is 14.2. The molecule has 0 fully saturated rings. The van der Waals surface area contributed by atoms with E-state index in [0.717, 1.165) is 16.2 Å². The van der Waals surface area contributed by atoms with Gasteiger partial charge in [0.15, 0.2) is 0 Å². The summed E-state index contributed by atoms with van der Waals surface area (Å²) in [4.78, 5) is 0.963. The van der Waals surface area contributed by atoms with Crippen LogP contribution in [-0.4, -0.2) is 6.04 Å². The molecule has 0 aliphatic carbocycles. The molecular weight excluding hydrogens is 261 g/mol. The van der Waals surface area contributed by atoms with Gasteiger partial charge in [-0.05, 0) is 24.3 Å². The van der Waals surface area contributed by atoms with Gasteiger partial charge in [-0.25, -0.2) is 4.39 Å². The van der Waals surface area contributed by atoms with Gasteiger partial charge in [0.25, 0.3) is 0 Å². The van der Waals surface area contributed by atoms with Crippen molar-refractivity contribution in [2.45, 2.75) is 37.1 Å². The lowest BCUT2D eigenvalue weighted by atomic mass is 10.2. The van der Waals surface area contributed by atoms with E-state index in [0.29, 0.717) is 18.3 Å². The van der Waals surface area contributed by atoms with Crippen LogP contribution >= 0.6 is 11.8 Å². The van der Waals surface area contributed by atoms with E-state index in [-0.39, 0.29) is 5.82 Å². The fraction of sp³-hybridized carbons (Fsp3) is 0.333. The molecule has 2 aromatic rings. The summed E-state index contributed by atoms with van der Waals surface area (Å²) < 4.78 is 19.2. The lowest BCUT2D eigenvalue weighted by Crippen LogP contribution is -2.22. The molecule has 0 atom stereocenters. The van der Waals surface area contributed by atoms with E-state index in [4.69, 9.17) is 4.42 Å². The van der Waals surface area contributed by atoms with Crippen LogP contribution in [0, 0.1) is 5.82 Å². The van der Waals surface area contributed by atoms with Crippen molar-refractivity contribution in [3.63, 3.8) is 0 Å². The van der Waals surface area contributed by atoms with E-state index in [2.05, 4.69) is 19.2 Å². The Morgan fingerprint density at radius 1 is 1.26 bits per heavy atom. The van der Waals surface area contributed by atoms with Crippen LogP contribution in [0.1, 0.15) is 25.2 Å². The molecule has 0 saturated heterocycles. The van der Waals surface area contributed by atoms with Gasteiger partial charge in [-0.1, -0.05) is 19.9 Å². The van der Waals surface area contributed by atoms with Crippen molar-refractivity contribution >= 4 is 11.8 Å². The van der Waals surface area contributed by atoms with Gasteiger partial charge in [-0.15, -0.1) is 11.8 Å². The summed E-state index contributed by atoms with van der Waals surface area (Å²) in [6.07, 6.45) is 1.66. The van der Waals surface area contributed by atoms with Crippen molar-refractivity contribution in [3.05, 3.63) is 53.7 Å². The van der Waals surface area contributed by atoms with E-state index in [1.54, 1.807) is 24.1 Å². The molecule has 0 unspecified atom stereocenters. The highest BCUT2D eigenvalue weighted by atomic mass is 32.2. The smallest absolute Gasteiger partial charge is 0.128 e. The molecule has 1 heterocycles. The van der Waals surface area contributed by atoms with Crippen molar-refractivity contribution in [1.29, 1.82) is 0 Å². The van der Waals surface area contributed by atoms with E-state index < -0.39 is 0 Å². The monoisotopic (exact) mass is 279 g/mol. The number of hydrogen-bond acceptors (Lipinski definition) is 3. The topological polar surface area (TPSA) is 25.2 Å². The normalized spacial score (nSPS) is 11.2. The summed E-state index contributed by atoms with van der Waals surface area (Å²) in [5.41, 5.74) is 0.729. The summed E-state index contributed by atoms with van der Waals surface area (Å²) in [5.74, 6) is 1.46. The lowest BCUT2D eigenvalue weighted by Gasteiger charge is -2.13. The van der Waals surface area contributed by atoms with E-state index in [9.17, 15) is 4.39 Å². The zero-order valence-corrected chi connectivity index (χ0v) is 12.0. The predicted octanol–water partition coefficient (Wildman–Crippen LogP) is 4.21. The van der Waals surface area contributed by atoms with Crippen molar-refractivity contribution in [3.8, 4) is 0 Å². The maximum Gasteiger partial charge on any atom is 0.128 e. The Kier molecular flexibility index (Phi) is 5.05. The first-order valence-electron chi connectivity index (χ1n) is 6.33. The van der Waals surface area contributed by atoms with Crippen LogP contribution in [0.2, 0.25) is 0 Å². The van der Waals surface area contributed by atoms with Crippen LogP contribution in [0.3, 0.4) is 0 Å². The van der Waals surface area contributed by atoms with E-state index in [1.807, 2.05) is 18.2 Å². The summed E-state index contributed by atoms with van der Waals surface area (Å²) >= 11 is 1.60.